The maximum Gasteiger partial charge on any atom is 0.288 e. The molecule has 2 rings (SSSR count). The third-order valence-corrected chi connectivity index (χ3v) is 9.15. The Bertz CT molecular complexity index is 1640. The first-order valence-electron chi connectivity index (χ1n) is 19.6. The van der Waals surface area contributed by atoms with Crippen molar-refractivity contribution in [1.29, 1.82) is 0 Å². The SMILES string of the molecule is CCCCc1ccc(-c2ccc(C(=O)N[C@@H](CCCCN)C(=O)N[C@@H](CCCCN)C(=O)N[C@@H](N)C(=O)N[C@@H](CC(C)C)C(=O)N[C@@H](N)C(=O)C(N)=O)cc2)cc1. The zero-order valence-corrected chi connectivity index (χ0v) is 33.3. The lowest BCUT2D eigenvalue weighted by Crippen LogP contribution is -2.62. The van der Waals surface area contributed by atoms with Gasteiger partial charge < -0.3 is 55.3 Å². The van der Waals surface area contributed by atoms with Gasteiger partial charge in [0.2, 0.25) is 17.7 Å². The van der Waals surface area contributed by atoms with Gasteiger partial charge in [-0.1, -0.05) is 63.6 Å². The molecule has 15 N–H and O–H groups in total. The second kappa shape index (κ2) is 25.1. The van der Waals surface area contributed by atoms with Crippen molar-refractivity contribution < 1.29 is 33.6 Å². The summed E-state index contributed by atoms with van der Waals surface area (Å²) in [5, 5.41) is 12.4. The van der Waals surface area contributed by atoms with Gasteiger partial charge >= 0.3 is 0 Å². The van der Waals surface area contributed by atoms with Crippen LogP contribution in [0.1, 0.15) is 94.5 Å². The molecule has 0 aliphatic carbocycles. The smallest absolute Gasteiger partial charge is 0.288 e. The van der Waals surface area contributed by atoms with Gasteiger partial charge in [-0.25, -0.2) is 0 Å². The Kier molecular flexibility index (Phi) is 21.1. The Balaban J connectivity index is 2.17. The number of carbonyl (C=O) groups is 7. The molecule has 2 aromatic carbocycles. The fraction of sp³-hybridized carbons (Fsp3) is 0.525. The molecule has 0 saturated heterocycles. The minimum Gasteiger partial charge on any atom is -0.363 e. The van der Waals surface area contributed by atoms with Crippen LogP contribution >= 0.6 is 0 Å². The highest BCUT2D eigenvalue weighted by Gasteiger charge is 2.31. The molecule has 314 valence electrons. The molecule has 0 aliphatic rings. The number of nitrogens with two attached hydrogens (primary N) is 5. The molecular weight excluding hydrogens is 733 g/mol. The summed E-state index contributed by atoms with van der Waals surface area (Å²) in [5.74, 6) is -6.44. The minimum absolute atomic E-state index is 0.0852. The second-order valence-electron chi connectivity index (χ2n) is 14.4. The number of amides is 6. The number of unbranched alkanes of at least 4 members (excludes halogenated alkanes) is 3. The molecule has 0 bridgehead atoms. The first-order valence-corrected chi connectivity index (χ1v) is 19.6. The van der Waals surface area contributed by atoms with Gasteiger partial charge in [0.15, 0.2) is 6.17 Å². The molecule has 17 heteroatoms. The molecule has 0 saturated carbocycles. The van der Waals surface area contributed by atoms with E-state index in [2.05, 4.69) is 57.8 Å². The maximum absolute atomic E-state index is 13.7. The standard InChI is InChI=1S/C40H62N10O7/c1-4-5-10-25-13-15-26(16-14-25)27-17-19-28(20-18-27)36(53)46-29(11-6-8-21-41)37(54)47-30(12-7-9-22-42)38(55)50-34(44)40(57)48-31(23-24(2)3)39(56)49-33(43)32(51)35(45)52/h13-20,24,29-31,33-34H,4-12,21-23,41-44H2,1-3H3,(H2,45,52)(H,46,53)(H,47,54)(H,48,57)(H,49,56)(H,50,55)/t29-,30-,31-,33+,34+/m0/s1. The number of carbonyl (C=O) groups excluding carboxylic acids is 7. The highest BCUT2D eigenvalue weighted by atomic mass is 16.2. The first kappa shape index (κ1) is 47.9. The number of nitrogens with one attached hydrogen (secondary N) is 5. The van der Waals surface area contributed by atoms with Gasteiger partial charge in [-0.05, 0) is 106 Å². The summed E-state index contributed by atoms with van der Waals surface area (Å²) in [6.07, 6.45) is 2.41. The van der Waals surface area contributed by atoms with E-state index in [-0.39, 0.29) is 25.2 Å². The molecule has 6 amide bonds. The van der Waals surface area contributed by atoms with Crippen LogP contribution in [0, 0.1) is 5.92 Å². The van der Waals surface area contributed by atoms with Gasteiger partial charge in [-0.3, -0.25) is 33.6 Å². The van der Waals surface area contributed by atoms with Gasteiger partial charge in [0.25, 0.3) is 23.5 Å². The number of primary amides is 1. The number of benzene rings is 2. The first-order chi connectivity index (χ1) is 27.1. The summed E-state index contributed by atoms with van der Waals surface area (Å²) >= 11 is 0. The van der Waals surface area contributed by atoms with E-state index in [1.807, 2.05) is 12.1 Å². The van der Waals surface area contributed by atoms with Gasteiger partial charge in [0.1, 0.15) is 24.3 Å². The summed E-state index contributed by atoms with van der Waals surface area (Å²) in [7, 11) is 0. The molecule has 0 heterocycles. The number of hydrogen-bond donors (Lipinski definition) is 10. The van der Waals surface area contributed by atoms with Crippen LogP contribution in [0.5, 0.6) is 0 Å². The van der Waals surface area contributed by atoms with Gasteiger partial charge in [0, 0.05) is 5.56 Å². The third kappa shape index (κ3) is 16.8. The predicted octanol–water partition coefficient (Wildman–Crippen LogP) is -0.0753. The van der Waals surface area contributed by atoms with Crippen LogP contribution in [0.3, 0.4) is 0 Å². The van der Waals surface area contributed by atoms with E-state index in [0.717, 1.165) is 30.4 Å². The quantitative estimate of drug-likeness (QED) is 0.0341. The Morgan fingerprint density at radius 2 is 1.05 bits per heavy atom. The summed E-state index contributed by atoms with van der Waals surface area (Å²) in [6.45, 7) is 6.41. The lowest BCUT2D eigenvalue weighted by molar-refractivity contribution is -0.139. The summed E-state index contributed by atoms with van der Waals surface area (Å²) in [4.78, 5) is 89.6. The maximum atomic E-state index is 13.7. The predicted molar refractivity (Wildman–Crippen MR) is 217 cm³/mol. The summed E-state index contributed by atoms with van der Waals surface area (Å²) in [6, 6.07) is 11.9. The Morgan fingerprint density at radius 1 is 0.579 bits per heavy atom. The van der Waals surface area contributed by atoms with Crippen LogP contribution in [0.25, 0.3) is 11.1 Å². The number of rotatable bonds is 26. The van der Waals surface area contributed by atoms with Crippen LogP contribution in [0.15, 0.2) is 48.5 Å². The highest BCUT2D eigenvalue weighted by Crippen LogP contribution is 2.21. The fourth-order valence-corrected chi connectivity index (χ4v) is 5.85. The molecule has 0 unspecified atom stereocenters. The molecule has 0 radical (unpaired) electrons. The average molecular weight is 795 g/mol. The van der Waals surface area contributed by atoms with E-state index in [0.29, 0.717) is 44.3 Å². The lowest BCUT2D eigenvalue weighted by Gasteiger charge is -2.26. The van der Waals surface area contributed by atoms with E-state index >= 15 is 0 Å². The molecular formula is C40H62N10O7. The Hall–Kier alpha value is -5.23. The van der Waals surface area contributed by atoms with Gasteiger partial charge in [-0.2, -0.15) is 0 Å². The Labute approximate surface area is 334 Å². The van der Waals surface area contributed by atoms with Crippen molar-refractivity contribution in [1.82, 2.24) is 26.6 Å². The third-order valence-electron chi connectivity index (χ3n) is 9.15. The average Bonchev–Trinajstić information content (AvgIpc) is 3.18. The van der Waals surface area contributed by atoms with Crippen LogP contribution in [0.4, 0.5) is 0 Å². The zero-order chi connectivity index (χ0) is 42.5. The second-order valence-corrected chi connectivity index (χ2v) is 14.4. The van der Waals surface area contributed by atoms with Crippen LogP contribution in [0.2, 0.25) is 0 Å². The van der Waals surface area contributed by atoms with Gasteiger partial charge in [0.05, 0.1) is 0 Å². The largest absolute Gasteiger partial charge is 0.363 e. The van der Waals surface area contributed by atoms with Crippen LogP contribution < -0.4 is 55.3 Å². The molecule has 0 aromatic heterocycles. The molecule has 17 nitrogen and oxygen atoms in total. The van der Waals surface area contributed by atoms with Crippen molar-refractivity contribution in [2.24, 2.45) is 34.6 Å². The molecule has 0 aliphatic heterocycles. The van der Waals surface area contributed by atoms with Crippen molar-refractivity contribution in [2.75, 3.05) is 13.1 Å². The normalized spacial score (nSPS) is 13.7. The topological polar surface area (TPSA) is 310 Å². The van der Waals surface area contributed by atoms with E-state index in [4.69, 9.17) is 28.7 Å². The highest BCUT2D eigenvalue weighted by molar-refractivity contribution is 6.37. The van der Waals surface area contributed by atoms with Crippen LogP contribution in [-0.2, 0) is 35.2 Å². The van der Waals surface area contributed by atoms with E-state index in [1.54, 1.807) is 26.0 Å². The monoisotopic (exact) mass is 794 g/mol. The summed E-state index contributed by atoms with van der Waals surface area (Å²) in [5.41, 5.74) is 31.5. The fourth-order valence-electron chi connectivity index (χ4n) is 5.85. The number of Topliss-reactive ketones (excluding diaryl/α,β-unsaturated/α-hetero) is 1. The Morgan fingerprint density at radius 3 is 1.56 bits per heavy atom. The van der Waals surface area contributed by atoms with Crippen molar-refractivity contribution in [2.45, 2.75) is 115 Å². The summed E-state index contributed by atoms with van der Waals surface area (Å²) < 4.78 is 0. The van der Waals surface area contributed by atoms with Crippen LogP contribution in [-0.4, -0.2) is 84.8 Å². The van der Waals surface area contributed by atoms with E-state index < -0.39 is 71.7 Å². The van der Waals surface area contributed by atoms with Gasteiger partial charge in [-0.15, -0.1) is 0 Å². The molecule has 0 fully saturated rings. The lowest BCUT2D eigenvalue weighted by atomic mass is 10.0. The number of ketones is 1. The number of hydrogen-bond acceptors (Lipinski definition) is 11. The molecule has 0 spiro atoms. The van der Waals surface area contributed by atoms with E-state index in [9.17, 15) is 33.6 Å². The molecule has 57 heavy (non-hydrogen) atoms. The van der Waals surface area contributed by atoms with E-state index in [1.165, 1.54) is 5.56 Å². The van der Waals surface area contributed by atoms with Crippen molar-refractivity contribution in [3.63, 3.8) is 0 Å². The van der Waals surface area contributed by atoms with Crippen molar-refractivity contribution in [3.05, 3.63) is 59.7 Å². The van der Waals surface area contributed by atoms with Crippen molar-refractivity contribution in [3.8, 4) is 11.1 Å². The molecule has 5 atom stereocenters. The van der Waals surface area contributed by atoms with Crippen molar-refractivity contribution >= 4 is 41.2 Å². The zero-order valence-electron chi connectivity index (χ0n) is 33.3. The number of aryl methyl sites for hydroxylation is 1. The minimum atomic E-state index is -1.74. The molecule has 2 aromatic rings.